The Morgan fingerprint density at radius 3 is 2.58 bits per heavy atom. The number of likely N-dealkylation sites (tertiary alicyclic amines) is 1. The maximum Gasteiger partial charge on any atom is 0.329 e. The SMILES string of the molecule is CC1CCN(/C=C/C(=O)O)CC1. The van der Waals surface area contributed by atoms with Crippen molar-refractivity contribution in [3.63, 3.8) is 0 Å². The van der Waals surface area contributed by atoms with E-state index in [4.69, 9.17) is 5.11 Å². The summed E-state index contributed by atoms with van der Waals surface area (Å²) in [6, 6.07) is 0. The maximum absolute atomic E-state index is 10.2. The standard InChI is InChI=1S/C9H15NO2/c1-8-2-5-10(6-3-8)7-4-9(11)12/h4,7-8H,2-3,5-6H2,1H3,(H,11,12)/b7-4+. The molecule has 0 aromatic rings. The molecule has 0 aromatic carbocycles. The summed E-state index contributed by atoms with van der Waals surface area (Å²) in [5.74, 6) is -0.0758. The molecule has 0 saturated carbocycles. The second kappa shape index (κ2) is 4.14. The Hall–Kier alpha value is -0.990. The van der Waals surface area contributed by atoms with Gasteiger partial charge < -0.3 is 10.0 Å². The molecule has 0 bridgehead atoms. The molecule has 1 N–H and O–H groups in total. The molecule has 68 valence electrons. The van der Waals surface area contributed by atoms with E-state index in [1.54, 1.807) is 6.20 Å². The zero-order chi connectivity index (χ0) is 8.97. The second-order valence-electron chi connectivity index (χ2n) is 3.37. The molecule has 1 fully saturated rings. The van der Waals surface area contributed by atoms with E-state index in [1.165, 1.54) is 18.9 Å². The smallest absolute Gasteiger partial charge is 0.329 e. The fourth-order valence-corrected chi connectivity index (χ4v) is 1.35. The van der Waals surface area contributed by atoms with Crippen LogP contribution >= 0.6 is 0 Å². The first-order chi connectivity index (χ1) is 5.68. The van der Waals surface area contributed by atoms with Crippen LogP contribution in [0.25, 0.3) is 0 Å². The minimum atomic E-state index is -0.867. The van der Waals surface area contributed by atoms with E-state index in [1.807, 2.05) is 0 Å². The van der Waals surface area contributed by atoms with Crippen LogP contribution < -0.4 is 0 Å². The molecular formula is C9H15NO2. The minimum absolute atomic E-state index is 0.791. The largest absolute Gasteiger partial charge is 0.478 e. The summed E-state index contributed by atoms with van der Waals surface area (Å²) < 4.78 is 0. The van der Waals surface area contributed by atoms with Gasteiger partial charge in [-0.05, 0) is 18.8 Å². The van der Waals surface area contributed by atoms with Gasteiger partial charge in [0.05, 0.1) is 0 Å². The van der Waals surface area contributed by atoms with E-state index in [9.17, 15) is 4.79 Å². The molecule has 0 unspecified atom stereocenters. The predicted octanol–water partition coefficient (Wildman–Crippen LogP) is 1.32. The highest BCUT2D eigenvalue weighted by atomic mass is 16.4. The number of carbonyl (C=O) groups is 1. The zero-order valence-corrected chi connectivity index (χ0v) is 7.36. The highest BCUT2D eigenvalue weighted by molar-refractivity contribution is 5.79. The lowest BCUT2D eigenvalue weighted by Gasteiger charge is -2.28. The summed E-state index contributed by atoms with van der Waals surface area (Å²) >= 11 is 0. The van der Waals surface area contributed by atoms with Crippen molar-refractivity contribution in [3.8, 4) is 0 Å². The van der Waals surface area contributed by atoms with Crippen molar-refractivity contribution in [2.75, 3.05) is 13.1 Å². The molecule has 1 heterocycles. The summed E-state index contributed by atoms with van der Waals surface area (Å²) in [6.45, 7) is 4.22. The van der Waals surface area contributed by atoms with E-state index in [0.717, 1.165) is 19.0 Å². The van der Waals surface area contributed by atoms with Gasteiger partial charge in [0.15, 0.2) is 0 Å². The Morgan fingerprint density at radius 2 is 2.08 bits per heavy atom. The summed E-state index contributed by atoms with van der Waals surface area (Å²) in [4.78, 5) is 12.3. The fourth-order valence-electron chi connectivity index (χ4n) is 1.35. The molecule has 1 rings (SSSR count). The third kappa shape index (κ3) is 2.95. The van der Waals surface area contributed by atoms with Crippen molar-refractivity contribution >= 4 is 5.97 Å². The average molecular weight is 169 g/mol. The lowest BCUT2D eigenvalue weighted by molar-refractivity contribution is -0.131. The monoisotopic (exact) mass is 169 g/mol. The van der Waals surface area contributed by atoms with Crippen LogP contribution in [0.5, 0.6) is 0 Å². The van der Waals surface area contributed by atoms with E-state index < -0.39 is 5.97 Å². The average Bonchev–Trinajstić information content (AvgIpc) is 2.03. The third-order valence-corrected chi connectivity index (χ3v) is 2.25. The molecule has 0 radical (unpaired) electrons. The molecule has 1 aliphatic rings. The van der Waals surface area contributed by atoms with E-state index in [0.29, 0.717) is 0 Å². The molecule has 1 saturated heterocycles. The van der Waals surface area contributed by atoms with Crippen molar-refractivity contribution in [2.45, 2.75) is 19.8 Å². The molecule has 0 amide bonds. The summed E-state index contributed by atoms with van der Waals surface area (Å²) in [7, 11) is 0. The molecule has 3 nitrogen and oxygen atoms in total. The van der Waals surface area contributed by atoms with Crippen LogP contribution in [0.3, 0.4) is 0 Å². The Balaban J connectivity index is 2.30. The highest BCUT2D eigenvalue weighted by Crippen LogP contribution is 2.15. The Kier molecular flexibility index (Phi) is 3.14. The molecule has 1 aliphatic heterocycles. The van der Waals surface area contributed by atoms with Gasteiger partial charge in [-0.15, -0.1) is 0 Å². The predicted molar refractivity (Wildman–Crippen MR) is 46.7 cm³/mol. The molecular weight excluding hydrogens is 154 g/mol. The van der Waals surface area contributed by atoms with Gasteiger partial charge >= 0.3 is 5.97 Å². The summed E-state index contributed by atoms with van der Waals surface area (Å²) in [6.07, 6.45) is 5.22. The minimum Gasteiger partial charge on any atom is -0.478 e. The van der Waals surface area contributed by atoms with Crippen molar-refractivity contribution in [3.05, 3.63) is 12.3 Å². The van der Waals surface area contributed by atoms with Crippen LogP contribution in [0.1, 0.15) is 19.8 Å². The molecule has 12 heavy (non-hydrogen) atoms. The van der Waals surface area contributed by atoms with Gasteiger partial charge in [0.25, 0.3) is 0 Å². The van der Waals surface area contributed by atoms with Crippen molar-refractivity contribution < 1.29 is 9.90 Å². The maximum atomic E-state index is 10.2. The van der Waals surface area contributed by atoms with Crippen molar-refractivity contribution in [1.82, 2.24) is 4.90 Å². The number of carboxylic acids is 1. The molecule has 0 aromatic heterocycles. The molecule has 0 aliphatic carbocycles. The van der Waals surface area contributed by atoms with Gasteiger partial charge in [-0.3, -0.25) is 0 Å². The quantitative estimate of drug-likeness (QED) is 0.634. The fraction of sp³-hybridized carbons (Fsp3) is 0.667. The number of aliphatic carboxylic acids is 1. The number of piperidine rings is 1. The first-order valence-electron chi connectivity index (χ1n) is 4.33. The molecule has 3 heteroatoms. The van der Waals surface area contributed by atoms with Gasteiger partial charge in [0, 0.05) is 25.4 Å². The Bertz CT molecular complexity index is 181. The van der Waals surface area contributed by atoms with Gasteiger partial charge in [-0.1, -0.05) is 6.92 Å². The first-order valence-corrected chi connectivity index (χ1v) is 4.33. The van der Waals surface area contributed by atoms with Crippen LogP contribution in [0.4, 0.5) is 0 Å². The third-order valence-electron chi connectivity index (χ3n) is 2.25. The van der Waals surface area contributed by atoms with Gasteiger partial charge in [0.2, 0.25) is 0 Å². The van der Waals surface area contributed by atoms with Crippen molar-refractivity contribution in [2.24, 2.45) is 5.92 Å². The van der Waals surface area contributed by atoms with Gasteiger partial charge in [0.1, 0.15) is 0 Å². The number of nitrogens with zero attached hydrogens (tertiary/aromatic N) is 1. The molecule has 0 atom stereocenters. The zero-order valence-electron chi connectivity index (χ0n) is 7.36. The van der Waals surface area contributed by atoms with Crippen LogP contribution in [0.2, 0.25) is 0 Å². The van der Waals surface area contributed by atoms with Crippen LogP contribution in [-0.4, -0.2) is 29.1 Å². The van der Waals surface area contributed by atoms with Crippen LogP contribution in [0.15, 0.2) is 12.3 Å². The molecule has 0 spiro atoms. The van der Waals surface area contributed by atoms with E-state index in [2.05, 4.69) is 11.8 Å². The normalized spacial score (nSPS) is 20.2. The van der Waals surface area contributed by atoms with E-state index >= 15 is 0 Å². The first kappa shape index (κ1) is 9.10. The Morgan fingerprint density at radius 1 is 1.50 bits per heavy atom. The summed E-state index contributed by atoms with van der Waals surface area (Å²) in [5, 5.41) is 8.38. The second-order valence-corrected chi connectivity index (χ2v) is 3.37. The number of hydrogen-bond acceptors (Lipinski definition) is 2. The lowest BCUT2D eigenvalue weighted by atomic mass is 10.00. The topological polar surface area (TPSA) is 40.5 Å². The highest BCUT2D eigenvalue weighted by Gasteiger charge is 2.12. The number of carboxylic acid groups (broad SMARTS) is 1. The van der Waals surface area contributed by atoms with Crippen LogP contribution in [-0.2, 0) is 4.79 Å². The van der Waals surface area contributed by atoms with E-state index in [-0.39, 0.29) is 0 Å². The van der Waals surface area contributed by atoms with Crippen molar-refractivity contribution in [1.29, 1.82) is 0 Å². The summed E-state index contributed by atoms with van der Waals surface area (Å²) in [5.41, 5.74) is 0. The van der Waals surface area contributed by atoms with Gasteiger partial charge in [-0.2, -0.15) is 0 Å². The van der Waals surface area contributed by atoms with Gasteiger partial charge in [-0.25, -0.2) is 4.79 Å². The lowest BCUT2D eigenvalue weighted by Crippen LogP contribution is -2.28. The van der Waals surface area contributed by atoms with Crippen LogP contribution in [0, 0.1) is 5.92 Å². The Labute approximate surface area is 72.7 Å². The number of rotatable bonds is 2. The number of hydrogen-bond donors (Lipinski definition) is 1.